The van der Waals surface area contributed by atoms with Crippen molar-refractivity contribution in [3.63, 3.8) is 0 Å². The van der Waals surface area contributed by atoms with Crippen LogP contribution in [0, 0.1) is 26.7 Å². The van der Waals surface area contributed by atoms with Gasteiger partial charge in [0.05, 0.1) is 0 Å². The quantitative estimate of drug-likeness (QED) is 0.698. The lowest BCUT2D eigenvalue weighted by atomic mass is 9.97. The summed E-state index contributed by atoms with van der Waals surface area (Å²) in [5.41, 5.74) is 2.73. The summed E-state index contributed by atoms with van der Waals surface area (Å²) in [6.07, 6.45) is 6.50. The highest BCUT2D eigenvalue weighted by Crippen LogP contribution is 2.36. The molecule has 0 aromatic carbocycles. The van der Waals surface area contributed by atoms with Gasteiger partial charge in [0, 0.05) is 43.4 Å². The van der Waals surface area contributed by atoms with Gasteiger partial charge in [-0.1, -0.05) is 5.16 Å². The van der Waals surface area contributed by atoms with Crippen molar-refractivity contribution in [1.82, 2.24) is 19.4 Å². The number of nitrogens with zero attached hydrogens (tertiary/aromatic N) is 5. The van der Waals surface area contributed by atoms with Gasteiger partial charge in [0.25, 0.3) is 0 Å². The third kappa shape index (κ3) is 3.86. The van der Waals surface area contributed by atoms with E-state index in [4.69, 9.17) is 14.5 Å². The Morgan fingerprint density at radius 1 is 1.03 bits per heavy atom. The fourth-order valence-corrected chi connectivity index (χ4v) is 6.84. The minimum Gasteiger partial charge on any atom is -0.360 e. The number of fused-ring (bicyclic) bond motifs is 1. The highest BCUT2D eigenvalue weighted by Gasteiger charge is 2.36. The van der Waals surface area contributed by atoms with Gasteiger partial charge < -0.3 is 9.42 Å². The van der Waals surface area contributed by atoms with Gasteiger partial charge in [0.15, 0.2) is 5.76 Å². The number of aromatic nitrogens is 3. The molecular formula is C22H31N5O3S. The molecule has 0 unspecified atom stereocenters. The molecule has 4 heterocycles. The molecule has 8 nitrogen and oxygen atoms in total. The number of hydrogen-bond donors (Lipinski definition) is 0. The Hall–Kier alpha value is -2.00. The lowest BCUT2D eigenvalue weighted by Crippen LogP contribution is -2.40. The van der Waals surface area contributed by atoms with E-state index in [0.717, 1.165) is 62.0 Å². The third-order valence-electron chi connectivity index (χ3n) is 6.85. The average Bonchev–Trinajstić information content (AvgIpc) is 3.50. The van der Waals surface area contributed by atoms with Crippen molar-refractivity contribution in [3.8, 4) is 0 Å². The van der Waals surface area contributed by atoms with Crippen LogP contribution in [-0.4, -0.2) is 54.0 Å². The van der Waals surface area contributed by atoms with Crippen LogP contribution in [0.4, 0.5) is 5.82 Å². The second kappa shape index (κ2) is 7.85. The van der Waals surface area contributed by atoms with Crippen molar-refractivity contribution in [2.24, 2.45) is 5.92 Å². The Bertz CT molecular complexity index is 1070. The van der Waals surface area contributed by atoms with E-state index in [1.807, 2.05) is 0 Å². The van der Waals surface area contributed by atoms with E-state index in [1.54, 1.807) is 18.2 Å². The summed E-state index contributed by atoms with van der Waals surface area (Å²) in [5, 5.41) is 3.84. The normalized spacial score (nSPS) is 22.5. The van der Waals surface area contributed by atoms with E-state index in [0.29, 0.717) is 24.5 Å². The molecule has 2 fully saturated rings. The van der Waals surface area contributed by atoms with Gasteiger partial charge >= 0.3 is 0 Å². The fourth-order valence-electron chi connectivity index (χ4n) is 5.02. The molecule has 5 rings (SSSR count). The van der Waals surface area contributed by atoms with E-state index in [1.165, 1.54) is 18.4 Å². The maximum atomic E-state index is 13.3. The molecule has 1 saturated heterocycles. The van der Waals surface area contributed by atoms with Crippen LogP contribution in [0.1, 0.15) is 66.6 Å². The zero-order valence-electron chi connectivity index (χ0n) is 18.6. The van der Waals surface area contributed by atoms with Crippen LogP contribution >= 0.6 is 0 Å². The van der Waals surface area contributed by atoms with Gasteiger partial charge in [-0.2, -0.15) is 4.31 Å². The van der Waals surface area contributed by atoms with Crippen LogP contribution in [0.15, 0.2) is 9.42 Å². The molecule has 2 aliphatic heterocycles. The molecule has 3 aliphatic rings. The molecule has 0 amide bonds. The molecule has 0 spiro atoms. The van der Waals surface area contributed by atoms with Crippen LogP contribution in [-0.2, 0) is 16.4 Å². The summed E-state index contributed by atoms with van der Waals surface area (Å²) in [6.45, 7) is 8.43. The van der Waals surface area contributed by atoms with Gasteiger partial charge in [-0.3, -0.25) is 0 Å². The molecule has 1 atom stereocenters. The summed E-state index contributed by atoms with van der Waals surface area (Å²) in [6, 6.07) is 0. The molecule has 0 bridgehead atoms. The molecule has 0 radical (unpaired) electrons. The fraction of sp³-hybridized carbons (Fsp3) is 0.682. The number of hydrogen-bond acceptors (Lipinski definition) is 7. The Morgan fingerprint density at radius 3 is 2.55 bits per heavy atom. The highest BCUT2D eigenvalue weighted by molar-refractivity contribution is 7.89. The maximum Gasteiger partial charge on any atom is 0.248 e. The van der Waals surface area contributed by atoms with Gasteiger partial charge in [-0.05, 0) is 65.2 Å². The molecule has 2 aromatic heterocycles. The molecule has 0 N–H and O–H groups in total. The molecular weight excluding hydrogens is 414 g/mol. The molecule has 1 aliphatic carbocycles. The van der Waals surface area contributed by atoms with Crippen LogP contribution in [0.2, 0.25) is 0 Å². The van der Waals surface area contributed by atoms with Crippen molar-refractivity contribution in [3.05, 3.63) is 28.5 Å². The van der Waals surface area contributed by atoms with E-state index in [9.17, 15) is 8.42 Å². The zero-order chi connectivity index (χ0) is 21.8. The SMILES string of the molecule is Cc1nc([C@@H]2CCCN(S(=O)(=O)c3c(C)noc3C)C2)nc2c1CCCN2CC1CC1. The van der Waals surface area contributed by atoms with Gasteiger partial charge in [-0.15, -0.1) is 0 Å². The molecule has 1 saturated carbocycles. The molecule has 31 heavy (non-hydrogen) atoms. The topological polar surface area (TPSA) is 92.4 Å². The van der Waals surface area contributed by atoms with E-state index >= 15 is 0 Å². The lowest BCUT2D eigenvalue weighted by molar-refractivity contribution is 0.308. The van der Waals surface area contributed by atoms with E-state index in [2.05, 4.69) is 17.0 Å². The highest BCUT2D eigenvalue weighted by atomic mass is 32.2. The summed E-state index contributed by atoms with van der Waals surface area (Å²) in [4.78, 5) is 12.5. The maximum absolute atomic E-state index is 13.3. The van der Waals surface area contributed by atoms with Crippen molar-refractivity contribution >= 4 is 15.8 Å². The first-order chi connectivity index (χ1) is 14.8. The van der Waals surface area contributed by atoms with Crippen LogP contribution < -0.4 is 4.90 Å². The summed E-state index contributed by atoms with van der Waals surface area (Å²) in [5.74, 6) is 3.02. The number of piperidine rings is 1. The van der Waals surface area contributed by atoms with Crippen LogP contribution in [0.5, 0.6) is 0 Å². The first kappa shape index (κ1) is 20.9. The molecule has 2 aromatic rings. The second-order valence-corrected chi connectivity index (χ2v) is 11.2. The summed E-state index contributed by atoms with van der Waals surface area (Å²) in [7, 11) is -3.66. The van der Waals surface area contributed by atoms with E-state index in [-0.39, 0.29) is 10.8 Å². The van der Waals surface area contributed by atoms with Crippen LogP contribution in [0.3, 0.4) is 0 Å². The Labute approximate surface area is 184 Å². The van der Waals surface area contributed by atoms with Gasteiger partial charge in [-0.25, -0.2) is 18.4 Å². The Kier molecular flexibility index (Phi) is 5.29. The molecule has 168 valence electrons. The standard InChI is InChI=1S/C22H31N5O3S/c1-14-19-7-5-10-26(12-17-8-9-17)22(19)24-21(23-14)18-6-4-11-27(13-18)31(28,29)20-15(2)25-30-16(20)3/h17-18H,4-13H2,1-3H3/t18-/m1/s1. The van der Waals surface area contributed by atoms with Crippen molar-refractivity contribution < 1.29 is 12.9 Å². The third-order valence-corrected chi connectivity index (χ3v) is 8.96. The van der Waals surface area contributed by atoms with Crippen LogP contribution in [0.25, 0.3) is 0 Å². The minimum absolute atomic E-state index is 0.00213. The molecule has 9 heteroatoms. The predicted octanol–water partition coefficient (Wildman–Crippen LogP) is 3.12. The number of aryl methyl sites for hydroxylation is 3. The largest absolute Gasteiger partial charge is 0.360 e. The number of rotatable bonds is 5. The summed E-state index contributed by atoms with van der Waals surface area (Å²) < 4.78 is 33.3. The smallest absolute Gasteiger partial charge is 0.248 e. The first-order valence-corrected chi connectivity index (χ1v) is 12.8. The van der Waals surface area contributed by atoms with Crippen molar-refractivity contribution in [2.45, 2.75) is 70.1 Å². The minimum atomic E-state index is -3.66. The second-order valence-electron chi connectivity index (χ2n) is 9.32. The van der Waals surface area contributed by atoms with E-state index < -0.39 is 10.0 Å². The summed E-state index contributed by atoms with van der Waals surface area (Å²) >= 11 is 0. The Balaban J connectivity index is 1.43. The van der Waals surface area contributed by atoms with Crippen molar-refractivity contribution in [1.29, 1.82) is 0 Å². The number of sulfonamides is 1. The Morgan fingerprint density at radius 2 is 1.84 bits per heavy atom. The number of anilines is 1. The first-order valence-electron chi connectivity index (χ1n) is 11.4. The van der Waals surface area contributed by atoms with Gasteiger partial charge in [0.1, 0.15) is 22.2 Å². The average molecular weight is 446 g/mol. The van der Waals surface area contributed by atoms with Gasteiger partial charge in [0.2, 0.25) is 10.0 Å². The predicted molar refractivity (Wildman–Crippen MR) is 117 cm³/mol. The lowest BCUT2D eigenvalue weighted by Gasteiger charge is -2.34. The van der Waals surface area contributed by atoms with Crippen molar-refractivity contribution in [2.75, 3.05) is 31.1 Å². The zero-order valence-corrected chi connectivity index (χ0v) is 19.4. The monoisotopic (exact) mass is 445 g/mol.